The number of aryl methyl sites for hydroxylation is 1. The van der Waals surface area contributed by atoms with Gasteiger partial charge in [0.05, 0.1) is 16.6 Å². The van der Waals surface area contributed by atoms with Gasteiger partial charge in [0, 0.05) is 11.8 Å². The van der Waals surface area contributed by atoms with Gasteiger partial charge in [0.15, 0.2) is 11.6 Å². The molecule has 0 aliphatic heterocycles. The second-order valence-corrected chi connectivity index (χ2v) is 4.67. The first-order chi connectivity index (χ1) is 11.0. The number of benzene rings is 2. The van der Waals surface area contributed by atoms with Gasteiger partial charge in [-0.15, -0.1) is 0 Å². The second-order valence-electron chi connectivity index (χ2n) is 4.67. The van der Waals surface area contributed by atoms with E-state index >= 15 is 0 Å². The highest BCUT2D eigenvalue weighted by Gasteiger charge is 2.13. The number of hydrogen-bond acceptors (Lipinski definition) is 3. The van der Waals surface area contributed by atoms with Crippen LogP contribution in [0.25, 0.3) is 16.6 Å². The van der Waals surface area contributed by atoms with Gasteiger partial charge in [-0.2, -0.15) is 0 Å². The van der Waals surface area contributed by atoms with Crippen molar-refractivity contribution < 1.29 is 8.78 Å². The number of halogens is 2. The summed E-state index contributed by atoms with van der Waals surface area (Å²) in [5.41, 5.74) is 6.41. The molecule has 3 rings (SSSR count). The molecule has 4 nitrogen and oxygen atoms in total. The van der Waals surface area contributed by atoms with Crippen LogP contribution in [-0.4, -0.2) is 9.55 Å². The maximum atomic E-state index is 13.3. The third kappa shape index (κ3) is 3.06. The molecule has 6 heteroatoms. The number of nitrogen functional groups attached to an aromatic ring is 1. The fraction of sp³-hybridized carbons (Fsp3) is 0.176. The molecule has 0 unspecified atom stereocenters. The molecule has 0 aliphatic carbocycles. The Labute approximate surface area is 132 Å². The van der Waals surface area contributed by atoms with E-state index in [0.717, 1.165) is 12.1 Å². The number of anilines is 1. The predicted octanol–water partition coefficient (Wildman–Crippen LogP) is 3.58. The minimum atomic E-state index is -1.07. The minimum Gasteiger partial charge on any atom is -0.399 e. The topological polar surface area (TPSA) is 60.9 Å². The molecular weight excluding hydrogens is 300 g/mol. The van der Waals surface area contributed by atoms with Crippen molar-refractivity contribution in [1.29, 1.82) is 0 Å². The lowest BCUT2D eigenvalue weighted by molar-refractivity contribution is 0.510. The zero-order valence-corrected chi connectivity index (χ0v) is 13.1. The molecule has 0 bridgehead atoms. The molecule has 0 aliphatic rings. The van der Waals surface area contributed by atoms with Crippen molar-refractivity contribution in [2.45, 2.75) is 20.8 Å². The smallest absolute Gasteiger partial charge is 0.266 e. The SMILES string of the molecule is CC.Cc1nc2cc(F)c(F)cc2c(=O)n1-c1ccc(N)cc1. The summed E-state index contributed by atoms with van der Waals surface area (Å²) in [7, 11) is 0. The number of nitrogens with zero attached hydrogens (tertiary/aromatic N) is 2. The van der Waals surface area contributed by atoms with Gasteiger partial charge < -0.3 is 5.73 Å². The summed E-state index contributed by atoms with van der Waals surface area (Å²) in [6.07, 6.45) is 0. The fourth-order valence-electron chi connectivity index (χ4n) is 2.22. The molecule has 1 heterocycles. The van der Waals surface area contributed by atoms with Gasteiger partial charge in [-0.25, -0.2) is 13.8 Å². The van der Waals surface area contributed by atoms with E-state index in [4.69, 9.17) is 5.73 Å². The first kappa shape index (κ1) is 16.6. The first-order valence-corrected chi connectivity index (χ1v) is 7.21. The van der Waals surface area contributed by atoms with Crippen LogP contribution in [-0.2, 0) is 0 Å². The molecule has 2 aromatic carbocycles. The van der Waals surface area contributed by atoms with E-state index in [1.165, 1.54) is 4.57 Å². The van der Waals surface area contributed by atoms with Gasteiger partial charge >= 0.3 is 0 Å². The Balaban J connectivity index is 0.000000924. The van der Waals surface area contributed by atoms with E-state index in [0.29, 0.717) is 17.2 Å². The lowest BCUT2D eigenvalue weighted by Gasteiger charge is -2.11. The van der Waals surface area contributed by atoms with Crippen molar-refractivity contribution in [3.05, 3.63) is 64.2 Å². The molecule has 0 fully saturated rings. The fourth-order valence-corrected chi connectivity index (χ4v) is 2.22. The van der Waals surface area contributed by atoms with Gasteiger partial charge in [-0.1, -0.05) is 13.8 Å². The van der Waals surface area contributed by atoms with E-state index in [1.54, 1.807) is 31.2 Å². The number of hydrogen-bond donors (Lipinski definition) is 1. The van der Waals surface area contributed by atoms with Crippen LogP contribution < -0.4 is 11.3 Å². The molecule has 0 saturated carbocycles. The van der Waals surface area contributed by atoms with E-state index in [1.807, 2.05) is 13.8 Å². The Morgan fingerprint density at radius 1 is 1.04 bits per heavy atom. The van der Waals surface area contributed by atoms with Crippen LogP contribution in [0.2, 0.25) is 0 Å². The standard InChI is InChI=1S/C15H11F2N3O.C2H6/c1-8-19-14-7-13(17)12(16)6-11(14)15(21)20(8)10-4-2-9(18)3-5-10;1-2/h2-7H,18H2,1H3;1-2H3. The predicted molar refractivity (Wildman–Crippen MR) is 87.8 cm³/mol. The van der Waals surface area contributed by atoms with Gasteiger partial charge in [-0.05, 0) is 37.3 Å². The summed E-state index contributed by atoms with van der Waals surface area (Å²) < 4.78 is 27.9. The van der Waals surface area contributed by atoms with Crippen LogP contribution in [0.3, 0.4) is 0 Å². The number of aromatic nitrogens is 2. The van der Waals surface area contributed by atoms with Crippen molar-refractivity contribution >= 4 is 16.6 Å². The van der Waals surface area contributed by atoms with Crippen LogP contribution in [0.5, 0.6) is 0 Å². The molecule has 120 valence electrons. The van der Waals surface area contributed by atoms with Crippen molar-refractivity contribution in [3.63, 3.8) is 0 Å². The lowest BCUT2D eigenvalue weighted by Crippen LogP contribution is -2.22. The highest BCUT2D eigenvalue weighted by Crippen LogP contribution is 2.17. The van der Waals surface area contributed by atoms with Crippen molar-refractivity contribution in [2.24, 2.45) is 0 Å². The van der Waals surface area contributed by atoms with Crippen LogP contribution in [0.15, 0.2) is 41.2 Å². The van der Waals surface area contributed by atoms with Crippen LogP contribution >= 0.6 is 0 Å². The average molecular weight is 317 g/mol. The molecular formula is C17H17F2N3O. The van der Waals surface area contributed by atoms with E-state index in [9.17, 15) is 13.6 Å². The Morgan fingerprint density at radius 2 is 1.61 bits per heavy atom. The maximum Gasteiger partial charge on any atom is 0.266 e. The van der Waals surface area contributed by atoms with Crippen molar-refractivity contribution in [2.75, 3.05) is 5.73 Å². The molecule has 23 heavy (non-hydrogen) atoms. The average Bonchev–Trinajstić information content (AvgIpc) is 2.53. The lowest BCUT2D eigenvalue weighted by atomic mass is 10.2. The van der Waals surface area contributed by atoms with E-state index < -0.39 is 17.2 Å². The van der Waals surface area contributed by atoms with Gasteiger partial charge in [0.25, 0.3) is 5.56 Å². The monoisotopic (exact) mass is 317 g/mol. The molecule has 0 amide bonds. The van der Waals surface area contributed by atoms with Crippen molar-refractivity contribution in [1.82, 2.24) is 9.55 Å². The zero-order valence-electron chi connectivity index (χ0n) is 13.1. The van der Waals surface area contributed by atoms with E-state index in [2.05, 4.69) is 4.98 Å². The van der Waals surface area contributed by atoms with Crippen LogP contribution in [0.4, 0.5) is 14.5 Å². The first-order valence-electron chi connectivity index (χ1n) is 7.21. The van der Waals surface area contributed by atoms with Crippen molar-refractivity contribution in [3.8, 4) is 5.69 Å². The normalized spacial score (nSPS) is 10.3. The van der Waals surface area contributed by atoms with Gasteiger partial charge in [0.1, 0.15) is 5.82 Å². The molecule has 0 spiro atoms. The quantitative estimate of drug-likeness (QED) is 0.698. The zero-order chi connectivity index (χ0) is 17.1. The summed E-state index contributed by atoms with van der Waals surface area (Å²) in [5.74, 6) is -1.73. The molecule has 0 radical (unpaired) electrons. The van der Waals surface area contributed by atoms with Crippen LogP contribution in [0, 0.1) is 18.6 Å². The number of fused-ring (bicyclic) bond motifs is 1. The molecule has 2 N–H and O–H groups in total. The highest BCUT2D eigenvalue weighted by molar-refractivity contribution is 5.78. The summed E-state index contributed by atoms with van der Waals surface area (Å²) in [6, 6.07) is 8.42. The third-order valence-corrected chi connectivity index (χ3v) is 3.23. The molecule has 3 aromatic rings. The Hall–Kier alpha value is -2.76. The maximum absolute atomic E-state index is 13.3. The molecule has 1 aromatic heterocycles. The Kier molecular flexibility index (Phi) is 4.74. The number of nitrogens with two attached hydrogens (primary N) is 1. The Morgan fingerprint density at radius 3 is 2.22 bits per heavy atom. The summed E-state index contributed by atoms with van der Waals surface area (Å²) >= 11 is 0. The second kappa shape index (κ2) is 6.56. The summed E-state index contributed by atoms with van der Waals surface area (Å²) in [4.78, 5) is 16.7. The highest BCUT2D eigenvalue weighted by atomic mass is 19.2. The summed E-state index contributed by atoms with van der Waals surface area (Å²) in [6.45, 7) is 5.62. The number of rotatable bonds is 1. The van der Waals surface area contributed by atoms with E-state index in [-0.39, 0.29) is 10.9 Å². The molecule has 0 saturated heterocycles. The summed E-state index contributed by atoms with van der Waals surface area (Å²) in [5, 5.41) is 0.0244. The Bertz CT molecular complexity index is 902. The van der Waals surface area contributed by atoms with Gasteiger partial charge in [-0.3, -0.25) is 9.36 Å². The minimum absolute atomic E-state index is 0.0244. The van der Waals surface area contributed by atoms with Gasteiger partial charge in [0.2, 0.25) is 0 Å². The van der Waals surface area contributed by atoms with Crippen LogP contribution in [0.1, 0.15) is 19.7 Å². The third-order valence-electron chi connectivity index (χ3n) is 3.23. The molecule has 0 atom stereocenters. The largest absolute Gasteiger partial charge is 0.399 e.